The maximum Gasteiger partial charge on any atom is 0.270 e. The van der Waals surface area contributed by atoms with Crippen molar-refractivity contribution in [1.29, 1.82) is 0 Å². The van der Waals surface area contributed by atoms with E-state index in [-0.39, 0.29) is 23.9 Å². The number of hydrogen-bond donors (Lipinski definition) is 2. The van der Waals surface area contributed by atoms with Crippen LogP contribution in [-0.4, -0.2) is 80.9 Å². The Balaban J connectivity index is 1.25. The van der Waals surface area contributed by atoms with Gasteiger partial charge in [-0.15, -0.1) is 0 Å². The van der Waals surface area contributed by atoms with E-state index in [1.165, 1.54) is 12.8 Å². The van der Waals surface area contributed by atoms with Crippen LogP contribution in [0, 0.1) is 5.92 Å². The average molecular weight is 517 g/mol. The van der Waals surface area contributed by atoms with Gasteiger partial charge in [0, 0.05) is 57.0 Å². The van der Waals surface area contributed by atoms with E-state index in [4.69, 9.17) is 4.98 Å². The molecule has 2 atom stereocenters. The third-order valence-electron chi connectivity index (χ3n) is 8.22. The summed E-state index contributed by atoms with van der Waals surface area (Å²) in [7, 11) is 3.56. The number of likely N-dealkylation sites (tertiary alicyclic amines) is 1. The molecule has 10 nitrogen and oxygen atoms in total. The van der Waals surface area contributed by atoms with Gasteiger partial charge in [0.15, 0.2) is 0 Å². The van der Waals surface area contributed by atoms with Crippen LogP contribution in [0.2, 0.25) is 0 Å². The Morgan fingerprint density at radius 2 is 1.84 bits per heavy atom. The number of carbonyl (C=O) groups is 2. The molecule has 3 aliphatic rings. The molecule has 2 bridgehead atoms. The van der Waals surface area contributed by atoms with Gasteiger partial charge in [0.25, 0.3) is 11.8 Å². The van der Waals surface area contributed by atoms with Gasteiger partial charge in [-0.1, -0.05) is 25.7 Å². The van der Waals surface area contributed by atoms with Gasteiger partial charge in [-0.05, 0) is 49.9 Å². The molecule has 2 amide bonds. The maximum absolute atomic E-state index is 13.1. The van der Waals surface area contributed by atoms with Gasteiger partial charge in [0.2, 0.25) is 5.95 Å². The topological polar surface area (TPSA) is 108 Å². The Morgan fingerprint density at radius 3 is 2.55 bits per heavy atom. The molecule has 0 spiro atoms. The molecule has 3 fully saturated rings. The summed E-state index contributed by atoms with van der Waals surface area (Å²) in [5.41, 5.74) is 2.01. The number of fused-ring (bicyclic) bond motifs is 3. The lowest BCUT2D eigenvalue weighted by Crippen LogP contribution is -2.41. The summed E-state index contributed by atoms with van der Waals surface area (Å²) in [6.07, 6.45) is 11.3. The quantitative estimate of drug-likeness (QED) is 0.499. The fourth-order valence-electron chi connectivity index (χ4n) is 6.28. The van der Waals surface area contributed by atoms with E-state index in [0.717, 1.165) is 62.8 Å². The minimum Gasteiger partial charge on any atom is -0.343 e. The first-order chi connectivity index (χ1) is 18.5. The first-order valence-corrected chi connectivity index (χ1v) is 13.8. The number of pyridine rings is 1. The molecule has 0 unspecified atom stereocenters. The number of piperidine rings is 1. The summed E-state index contributed by atoms with van der Waals surface area (Å²) in [6, 6.07) is 6.03. The summed E-state index contributed by atoms with van der Waals surface area (Å²) in [5, 5.41) is 7.46. The highest BCUT2D eigenvalue weighted by molar-refractivity contribution is 5.98. The number of anilines is 2. The number of nitrogens with zero attached hydrogens (tertiary/aromatic N) is 6. The van der Waals surface area contributed by atoms with Crippen LogP contribution < -0.4 is 10.6 Å². The van der Waals surface area contributed by atoms with E-state index in [2.05, 4.69) is 25.2 Å². The Hall–Kier alpha value is -3.53. The van der Waals surface area contributed by atoms with Crippen molar-refractivity contribution in [3.63, 3.8) is 0 Å². The van der Waals surface area contributed by atoms with Crippen LogP contribution in [0.1, 0.15) is 71.8 Å². The van der Waals surface area contributed by atoms with Gasteiger partial charge in [0.05, 0.1) is 5.56 Å². The Bertz CT molecular complexity index is 1330. The highest BCUT2D eigenvalue weighted by Gasteiger charge is 2.38. The SMILES string of the molecule is CN(C)C(=O)c1cc2cnc(Nc3ccc(C(=O)N4C[C@H]5CNC[C@@H]4C5)cn3)nc2n1C1CCCCCC1. The monoisotopic (exact) mass is 516 g/mol. The predicted molar refractivity (Wildman–Crippen MR) is 146 cm³/mol. The smallest absolute Gasteiger partial charge is 0.270 e. The Kier molecular flexibility index (Phi) is 6.73. The molecule has 2 saturated heterocycles. The molecule has 5 heterocycles. The van der Waals surface area contributed by atoms with Crippen LogP contribution in [0.4, 0.5) is 11.8 Å². The molecule has 1 aliphatic carbocycles. The second kappa shape index (κ2) is 10.3. The fourth-order valence-corrected chi connectivity index (χ4v) is 6.28. The molecule has 0 radical (unpaired) electrons. The average Bonchev–Trinajstić information content (AvgIpc) is 3.30. The van der Waals surface area contributed by atoms with Gasteiger partial charge >= 0.3 is 0 Å². The van der Waals surface area contributed by atoms with Crippen LogP contribution >= 0.6 is 0 Å². The molecule has 200 valence electrons. The molecular weight excluding hydrogens is 480 g/mol. The fraction of sp³-hybridized carbons (Fsp3) is 0.536. The van der Waals surface area contributed by atoms with Crippen molar-refractivity contribution in [1.82, 2.24) is 34.6 Å². The van der Waals surface area contributed by atoms with E-state index >= 15 is 0 Å². The number of hydrogen-bond acceptors (Lipinski definition) is 7. The number of amides is 2. The summed E-state index contributed by atoms with van der Waals surface area (Å²) in [4.78, 5) is 43.6. The van der Waals surface area contributed by atoms with Crippen molar-refractivity contribution < 1.29 is 9.59 Å². The van der Waals surface area contributed by atoms with Crippen LogP contribution in [-0.2, 0) is 0 Å². The van der Waals surface area contributed by atoms with Gasteiger partial charge in [-0.3, -0.25) is 9.59 Å². The first kappa shape index (κ1) is 24.8. The zero-order valence-corrected chi connectivity index (χ0v) is 22.2. The first-order valence-electron chi connectivity index (χ1n) is 13.8. The minimum atomic E-state index is -0.0265. The molecule has 1 saturated carbocycles. The van der Waals surface area contributed by atoms with Crippen LogP contribution in [0.3, 0.4) is 0 Å². The van der Waals surface area contributed by atoms with Gasteiger partial charge < -0.3 is 25.0 Å². The number of aromatic nitrogens is 4. The minimum absolute atomic E-state index is 0.0265. The number of rotatable bonds is 5. The normalized spacial score (nSPS) is 21.9. The molecular formula is C28H36N8O2. The Morgan fingerprint density at radius 1 is 1.03 bits per heavy atom. The van der Waals surface area contributed by atoms with Crippen LogP contribution in [0.25, 0.3) is 11.0 Å². The summed E-state index contributed by atoms with van der Waals surface area (Å²) in [5.74, 6) is 1.54. The second-order valence-electron chi connectivity index (χ2n) is 11.1. The maximum atomic E-state index is 13.1. The summed E-state index contributed by atoms with van der Waals surface area (Å²) < 4.78 is 2.13. The van der Waals surface area contributed by atoms with E-state index in [1.807, 2.05) is 17.0 Å². The highest BCUT2D eigenvalue weighted by atomic mass is 16.2. The third kappa shape index (κ3) is 4.73. The summed E-state index contributed by atoms with van der Waals surface area (Å²) in [6.45, 7) is 2.66. The zero-order valence-electron chi connectivity index (χ0n) is 22.2. The molecule has 2 N–H and O–H groups in total. The number of carbonyl (C=O) groups excluding carboxylic acids is 2. The van der Waals surface area contributed by atoms with Crippen molar-refractivity contribution in [2.75, 3.05) is 39.0 Å². The lowest BCUT2D eigenvalue weighted by Gasteiger charge is -2.25. The van der Waals surface area contributed by atoms with Crippen LogP contribution in [0.5, 0.6) is 0 Å². The van der Waals surface area contributed by atoms with Gasteiger partial charge in [0.1, 0.15) is 17.2 Å². The van der Waals surface area contributed by atoms with E-state index in [9.17, 15) is 9.59 Å². The molecule has 0 aromatic carbocycles. The predicted octanol–water partition coefficient (Wildman–Crippen LogP) is 3.60. The van der Waals surface area contributed by atoms with Crippen molar-refractivity contribution in [2.45, 2.75) is 57.0 Å². The van der Waals surface area contributed by atoms with E-state index < -0.39 is 0 Å². The molecule has 6 rings (SSSR count). The van der Waals surface area contributed by atoms with Crippen molar-refractivity contribution in [2.24, 2.45) is 5.92 Å². The number of nitrogens with one attached hydrogen (secondary N) is 2. The molecule has 2 aliphatic heterocycles. The van der Waals surface area contributed by atoms with Crippen molar-refractivity contribution >= 4 is 34.6 Å². The summed E-state index contributed by atoms with van der Waals surface area (Å²) >= 11 is 0. The van der Waals surface area contributed by atoms with Crippen molar-refractivity contribution in [3.05, 3.63) is 41.9 Å². The third-order valence-corrected chi connectivity index (χ3v) is 8.22. The van der Waals surface area contributed by atoms with E-state index in [0.29, 0.717) is 28.9 Å². The van der Waals surface area contributed by atoms with E-state index in [1.54, 1.807) is 37.5 Å². The van der Waals surface area contributed by atoms with Crippen molar-refractivity contribution in [3.8, 4) is 0 Å². The molecule has 38 heavy (non-hydrogen) atoms. The lowest BCUT2D eigenvalue weighted by atomic mass is 10.0. The van der Waals surface area contributed by atoms with Gasteiger partial charge in [-0.2, -0.15) is 4.98 Å². The standard InChI is InChI=1S/C28H36N8O2/c1-34(2)27(38)23-12-20-15-31-28(33-25(20)36(23)21-7-5-3-4-6-8-21)32-24-10-9-19(14-30-24)26(37)35-17-18-11-22(35)16-29-13-18/h9-10,12,14-15,18,21-22,29H,3-8,11,13,16-17H2,1-2H3,(H,30,31,32,33)/t18-,22+/m1/s1. The van der Waals surface area contributed by atoms with Gasteiger partial charge in [-0.25, -0.2) is 9.97 Å². The largest absolute Gasteiger partial charge is 0.343 e. The molecule has 3 aromatic rings. The highest BCUT2D eigenvalue weighted by Crippen LogP contribution is 2.33. The lowest BCUT2D eigenvalue weighted by molar-refractivity contribution is 0.0739. The second-order valence-corrected chi connectivity index (χ2v) is 11.1. The zero-order chi connectivity index (χ0) is 26.2. The molecule has 3 aromatic heterocycles. The molecule has 10 heteroatoms. The van der Waals surface area contributed by atoms with Crippen LogP contribution in [0.15, 0.2) is 30.6 Å². The Labute approximate surface area is 222 Å².